The first kappa shape index (κ1) is 21.3. The van der Waals surface area contributed by atoms with Crippen LogP contribution in [0.15, 0.2) is 71.7 Å². The van der Waals surface area contributed by atoms with Crippen LogP contribution in [0.1, 0.15) is 38.9 Å². The molecule has 1 atom stereocenters. The van der Waals surface area contributed by atoms with Gasteiger partial charge in [-0.05, 0) is 51.0 Å². The Labute approximate surface area is 185 Å². The van der Waals surface area contributed by atoms with E-state index in [4.69, 9.17) is 9.73 Å². The van der Waals surface area contributed by atoms with Gasteiger partial charge in [0, 0.05) is 18.4 Å². The summed E-state index contributed by atoms with van der Waals surface area (Å²) in [6.45, 7) is 8.79. The van der Waals surface area contributed by atoms with E-state index < -0.39 is 5.60 Å². The molecule has 3 aromatic carbocycles. The van der Waals surface area contributed by atoms with E-state index in [-0.39, 0.29) is 6.04 Å². The third-order valence-electron chi connectivity index (χ3n) is 5.88. The van der Waals surface area contributed by atoms with Crippen LogP contribution in [0.2, 0.25) is 0 Å². The molecular weight excluding hydrogens is 382 g/mol. The molecule has 160 valence electrons. The van der Waals surface area contributed by atoms with Crippen LogP contribution in [0.25, 0.3) is 0 Å². The number of ether oxygens (including phenoxy) is 1. The summed E-state index contributed by atoms with van der Waals surface area (Å²) in [6.07, 6.45) is 1.06. The minimum Gasteiger partial charge on any atom is -0.475 e. The molecule has 1 heterocycles. The van der Waals surface area contributed by atoms with E-state index in [1.54, 1.807) is 0 Å². The Kier molecular flexibility index (Phi) is 5.97. The zero-order valence-corrected chi connectivity index (χ0v) is 18.9. The fourth-order valence-corrected chi connectivity index (χ4v) is 4.73. The van der Waals surface area contributed by atoms with Crippen LogP contribution in [0.3, 0.4) is 0 Å². The maximum Gasteiger partial charge on any atom is 0.216 e. The van der Waals surface area contributed by atoms with Crippen molar-refractivity contribution in [3.8, 4) is 0 Å². The van der Waals surface area contributed by atoms with Crippen LogP contribution in [0.5, 0.6) is 0 Å². The molecule has 3 heteroatoms. The molecule has 0 radical (unpaired) electrons. The van der Waals surface area contributed by atoms with Crippen LogP contribution in [0, 0.1) is 27.7 Å². The molecule has 4 rings (SSSR count). The molecule has 0 saturated heterocycles. The van der Waals surface area contributed by atoms with E-state index in [1.807, 2.05) is 30.3 Å². The molecular formula is C28H31NO2. The number of benzene rings is 3. The molecule has 1 aliphatic heterocycles. The van der Waals surface area contributed by atoms with Crippen LogP contribution >= 0.6 is 0 Å². The zero-order chi connectivity index (χ0) is 22.0. The van der Waals surface area contributed by atoms with E-state index in [9.17, 15) is 5.11 Å². The van der Waals surface area contributed by atoms with Gasteiger partial charge in [-0.25, -0.2) is 4.99 Å². The van der Waals surface area contributed by atoms with Gasteiger partial charge < -0.3 is 9.84 Å². The van der Waals surface area contributed by atoms with Gasteiger partial charge in [0.1, 0.15) is 12.6 Å². The van der Waals surface area contributed by atoms with Gasteiger partial charge >= 0.3 is 0 Å². The van der Waals surface area contributed by atoms with Gasteiger partial charge in [0.15, 0.2) is 0 Å². The molecule has 1 aliphatic rings. The number of aliphatic hydroxyl groups is 1. The van der Waals surface area contributed by atoms with Crippen molar-refractivity contribution in [1.29, 1.82) is 0 Å². The van der Waals surface area contributed by atoms with Crippen LogP contribution in [-0.4, -0.2) is 29.3 Å². The lowest BCUT2D eigenvalue weighted by molar-refractivity contribution is 0.00803. The normalized spacial score (nSPS) is 16.2. The van der Waals surface area contributed by atoms with Crippen molar-refractivity contribution in [2.45, 2.75) is 52.2 Å². The van der Waals surface area contributed by atoms with Gasteiger partial charge in [-0.2, -0.15) is 0 Å². The van der Waals surface area contributed by atoms with Crippen molar-refractivity contribution in [2.75, 3.05) is 6.61 Å². The first-order chi connectivity index (χ1) is 14.8. The van der Waals surface area contributed by atoms with Gasteiger partial charge in [0.05, 0.1) is 5.60 Å². The second-order valence-electron chi connectivity index (χ2n) is 9.08. The Hall–Kier alpha value is -2.91. The SMILES string of the molecule is Cc1cc(C)cc(CC(O)(Cc2cc(C)cc(C)c2)[C@H]2COC(c3ccccc3)=N2)c1. The molecule has 0 spiro atoms. The minimum atomic E-state index is -1.04. The summed E-state index contributed by atoms with van der Waals surface area (Å²) >= 11 is 0. The maximum atomic E-state index is 12.1. The second-order valence-corrected chi connectivity index (χ2v) is 9.08. The number of hydrogen-bond donors (Lipinski definition) is 1. The lowest BCUT2D eigenvalue weighted by atomic mass is 9.81. The number of rotatable bonds is 6. The molecule has 0 saturated carbocycles. The van der Waals surface area contributed by atoms with Gasteiger partial charge in [0.25, 0.3) is 0 Å². The summed E-state index contributed by atoms with van der Waals surface area (Å²) < 4.78 is 5.96. The van der Waals surface area contributed by atoms with E-state index in [1.165, 1.54) is 22.3 Å². The highest BCUT2D eigenvalue weighted by Gasteiger charge is 2.41. The largest absolute Gasteiger partial charge is 0.475 e. The van der Waals surface area contributed by atoms with Crippen molar-refractivity contribution in [3.05, 3.63) is 106 Å². The summed E-state index contributed by atoms with van der Waals surface area (Å²) in [4.78, 5) is 4.86. The topological polar surface area (TPSA) is 41.8 Å². The van der Waals surface area contributed by atoms with E-state index in [0.29, 0.717) is 25.3 Å². The Balaban J connectivity index is 1.70. The highest BCUT2D eigenvalue weighted by Crippen LogP contribution is 2.30. The molecule has 0 amide bonds. The summed E-state index contributed by atoms with van der Waals surface area (Å²) in [6, 6.07) is 22.6. The Bertz CT molecular complexity index is 1010. The summed E-state index contributed by atoms with van der Waals surface area (Å²) in [5.41, 5.74) is 7.00. The van der Waals surface area contributed by atoms with Gasteiger partial charge in [-0.3, -0.25) is 0 Å². The molecule has 0 aliphatic carbocycles. The molecule has 0 bridgehead atoms. The van der Waals surface area contributed by atoms with E-state index in [2.05, 4.69) is 64.1 Å². The highest BCUT2D eigenvalue weighted by atomic mass is 16.5. The minimum absolute atomic E-state index is 0.329. The van der Waals surface area contributed by atoms with Crippen LogP contribution in [-0.2, 0) is 17.6 Å². The first-order valence-electron chi connectivity index (χ1n) is 10.9. The monoisotopic (exact) mass is 413 g/mol. The fourth-order valence-electron chi connectivity index (χ4n) is 4.73. The predicted octanol–water partition coefficient (Wildman–Crippen LogP) is 5.28. The van der Waals surface area contributed by atoms with Crippen molar-refractivity contribution in [3.63, 3.8) is 0 Å². The maximum absolute atomic E-state index is 12.1. The lowest BCUT2D eigenvalue weighted by Crippen LogP contribution is -2.46. The molecule has 3 nitrogen and oxygen atoms in total. The van der Waals surface area contributed by atoms with Crippen molar-refractivity contribution in [2.24, 2.45) is 4.99 Å². The Morgan fingerprint density at radius 1 is 0.806 bits per heavy atom. The summed E-state index contributed by atoms with van der Waals surface area (Å²) in [5, 5.41) is 12.1. The first-order valence-corrected chi connectivity index (χ1v) is 10.9. The second kappa shape index (κ2) is 8.68. The number of aryl methyl sites for hydroxylation is 4. The molecule has 0 unspecified atom stereocenters. The number of aliphatic imine (C=N–C) groups is 1. The van der Waals surface area contributed by atoms with E-state index in [0.717, 1.165) is 16.7 Å². The van der Waals surface area contributed by atoms with Gasteiger partial charge in [-0.1, -0.05) is 76.9 Å². The molecule has 31 heavy (non-hydrogen) atoms. The molecule has 0 fully saturated rings. The fraction of sp³-hybridized carbons (Fsp3) is 0.321. The van der Waals surface area contributed by atoms with E-state index >= 15 is 0 Å². The smallest absolute Gasteiger partial charge is 0.216 e. The highest BCUT2D eigenvalue weighted by molar-refractivity contribution is 5.95. The zero-order valence-electron chi connectivity index (χ0n) is 18.9. The average molecular weight is 414 g/mol. The van der Waals surface area contributed by atoms with Gasteiger partial charge in [-0.15, -0.1) is 0 Å². The molecule has 3 aromatic rings. The van der Waals surface area contributed by atoms with Crippen LogP contribution in [0.4, 0.5) is 0 Å². The summed E-state index contributed by atoms with van der Waals surface area (Å²) in [7, 11) is 0. The van der Waals surface area contributed by atoms with Crippen molar-refractivity contribution in [1.82, 2.24) is 0 Å². The average Bonchev–Trinajstić information content (AvgIpc) is 3.18. The molecule has 0 aromatic heterocycles. The van der Waals surface area contributed by atoms with Crippen molar-refractivity contribution >= 4 is 5.90 Å². The quantitative estimate of drug-likeness (QED) is 0.597. The Morgan fingerprint density at radius 2 is 1.29 bits per heavy atom. The van der Waals surface area contributed by atoms with Gasteiger partial charge in [0.2, 0.25) is 5.90 Å². The third kappa shape index (κ3) is 5.05. The Morgan fingerprint density at radius 3 is 1.77 bits per heavy atom. The summed E-state index contributed by atoms with van der Waals surface area (Å²) in [5.74, 6) is 0.616. The lowest BCUT2D eigenvalue weighted by Gasteiger charge is -2.32. The standard InChI is InChI=1S/C28H31NO2/c1-19-10-20(2)13-23(12-19)16-28(30,17-24-14-21(3)11-22(4)15-24)26-18-31-27(29-26)25-8-6-5-7-9-25/h5-15,26,30H,16-18H2,1-4H3/t26-/m1/s1. The number of nitrogens with zero attached hydrogens (tertiary/aromatic N) is 1. The third-order valence-corrected chi connectivity index (χ3v) is 5.88. The molecule has 1 N–H and O–H groups in total. The van der Waals surface area contributed by atoms with Crippen molar-refractivity contribution < 1.29 is 9.84 Å². The van der Waals surface area contributed by atoms with Crippen LogP contribution < -0.4 is 0 Å². The number of hydrogen-bond acceptors (Lipinski definition) is 3. The predicted molar refractivity (Wildman–Crippen MR) is 127 cm³/mol.